The van der Waals surface area contributed by atoms with E-state index in [9.17, 15) is 34.8 Å². The van der Waals surface area contributed by atoms with Crippen LogP contribution in [0.25, 0.3) is 0 Å². The average Bonchev–Trinajstić information content (AvgIpc) is 2.77. The van der Waals surface area contributed by atoms with Crippen molar-refractivity contribution in [2.24, 2.45) is 11.5 Å². The first kappa shape index (κ1) is 27.9. The van der Waals surface area contributed by atoms with Crippen LogP contribution in [0.3, 0.4) is 0 Å². The number of Topliss-reactive ketones (excluding diaryl/α,β-unsaturated/α-hetero) is 1. The number of carbonyl (C=O) groups is 3. The summed E-state index contributed by atoms with van der Waals surface area (Å²) in [6, 6.07) is -1.54. The molecule has 0 saturated carbocycles. The minimum atomic E-state index is -1.36. The highest BCUT2D eigenvalue weighted by atomic mass is 32.2. The summed E-state index contributed by atoms with van der Waals surface area (Å²) in [5, 5.41) is 38.5. The lowest BCUT2D eigenvalue weighted by Crippen LogP contribution is -2.57. The summed E-state index contributed by atoms with van der Waals surface area (Å²) in [5.74, 6) is -1.94. The molecule has 9 atom stereocenters. The number of hydrogen-bond donors (Lipinski definition) is 6. The number of aliphatic hydroxyl groups is 4. The smallest absolute Gasteiger partial charge is 0.319 e. The largest absolute Gasteiger partial charge is 0.463 e. The molecule has 0 radical (unpaired) electrons. The number of ketones is 1. The van der Waals surface area contributed by atoms with Crippen LogP contribution in [0.1, 0.15) is 13.3 Å². The zero-order valence-electron chi connectivity index (χ0n) is 18.1. The predicted molar refractivity (Wildman–Crippen MR) is 113 cm³/mol. The van der Waals surface area contributed by atoms with Gasteiger partial charge in [-0.05, 0) is 6.92 Å². The maximum Gasteiger partial charge on any atom is 0.319 e. The summed E-state index contributed by atoms with van der Waals surface area (Å²) in [6.45, 7) is 0.490. The average molecular weight is 497 g/mol. The van der Waals surface area contributed by atoms with Gasteiger partial charge < -0.3 is 50.8 Å². The normalized spacial score (nSPS) is 35.5. The Balaban J connectivity index is 1.87. The van der Waals surface area contributed by atoms with Gasteiger partial charge in [-0.2, -0.15) is 0 Å². The Morgan fingerprint density at radius 3 is 1.88 bits per heavy atom. The van der Waals surface area contributed by atoms with Crippen molar-refractivity contribution in [1.29, 1.82) is 0 Å². The molecule has 8 N–H and O–H groups in total. The van der Waals surface area contributed by atoms with E-state index in [1.807, 2.05) is 0 Å². The van der Waals surface area contributed by atoms with Crippen molar-refractivity contribution in [1.82, 2.24) is 0 Å². The highest BCUT2D eigenvalue weighted by Gasteiger charge is 2.39. The van der Waals surface area contributed by atoms with Crippen molar-refractivity contribution in [3.05, 3.63) is 0 Å². The fourth-order valence-electron chi connectivity index (χ4n) is 3.17. The fourth-order valence-corrected chi connectivity index (χ4v) is 4.07. The molecule has 0 bridgehead atoms. The first-order chi connectivity index (χ1) is 15.5. The van der Waals surface area contributed by atoms with E-state index in [0.29, 0.717) is 0 Å². The summed E-state index contributed by atoms with van der Waals surface area (Å²) < 4.78 is 20.8. The molecule has 2 aliphatic heterocycles. The highest BCUT2D eigenvalue weighted by molar-refractivity contribution is 8.01. The minimum absolute atomic E-state index is 0.0292. The molecule has 2 heterocycles. The monoisotopic (exact) mass is 496 g/mol. The van der Waals surface area contributed by atoms with Crippen LogP contribution in [0, 0.1) is 0 Å². The lowest BCUT2D eigenvalue weighted by molar-refractivity contribution is -0.176. The quantitative estimate of drug-likeness (QED) is 0.159. The van der Waals surface area contributed by atoms with Crippen LogP contribution in [0.15, 0.2) is 0 Å². The second-order valence-corrected chi connectivity index (χ2v) is 9.24. The van der Waals surface area contributed by atoms with E-state index in [0.717, 1.165) is 11.8 Å². The Labute approximate surface area is 194 Å². The number of rotatable bonds is 10. The van der Waals surface area contributed by atoms with Gasteiger partial charge in [-0.25, -0.2) is 0 Å². The number of hydrogen-bond acceptors (Lipinski definition) is 14. The van der Waals surface area contributed by atoms with Crippen LogP contribution in [0.5, 0.6) is 0 Å². The summed E-state index contributed by atoms with van der Waals surface area (Å²) in [4.78, 5) is 36.1. The van der Waals surface area contributed by atoms with Crippen LogP contribution in [-0.2, 0) is 33.3 Å². The molecule has 2 saturated heterocycles. The fraction of sp³-hybridized carbons (Fsp3) is 0.842. The van der Waals surface area contributed by atoms with Crippen LogP contribution in [-0.4, -0.2) is 124 Å². The first-order valence-electron chi connectivity index (χ1n) is 10.4. The third kappa shape index (κ3) is 8.12. The molecule has 2 aliphatic rings. The number of aliphatic hydroxyl groups excluding tert-OH is 4. The van der Waals surface area contributed by atoms with Crippen LogP contribution in [0.4, 0.5) is 0 Å². The molecule has 33 heavy (non-hydrogen) atoms. The molecule has 0 aromatic rings. The molecule has 2 unspecified atom stereocenters. The van der Waals surface area contributed by atoms with Crippen molar-refractivity contribution < 1.29 is 53.8 Å². The molecule has 190 valence electrons. The third-order valence-electron chi connectivity index (χ3n) is 5.25. The molecule has 0 aromatic carbocycles. The van der Waals surface area contributed by atoms with Gasteiger partial charge in [0.1, 0.15) is 48.7 Å². The molecular weight excluding hydrogens is 464 g/mol. The van der Waals surface area contributed by atoms with E-state index in [2.05, 4.69) is 0 Å². The van der Waals surface area contributed by atoms with Gasteiger partial charge in [0.25, 0.3) is 0 Å². The van der Waals surface area contributed by atoms with Gasteiger partial charge in [-0.3, -0.25) is 14.4 Å². The summed E-state index contributed by atoms with van der Waals surface area (Å²) in [6.07, 6.45) is -7.62. The lowest BCUT2D eigenvalue weighted by atomic mass is 9.99. The zero-order chi connectivity index (χ0) is 24.7. The van der Waals surface area contributed by atoms with Gasteiger partial charge in [0.05, 0.1) is 49.7 Å². The predicted octanol–water partition coefficient (Wildman–Crippen LogP) is -3.95. The highest BCUT2D eigenvalue weighted by Crippen LogP contribution is 2.21. The van der Waals surface area contributed by atoms with E-state index >= 15 is 0 Å². The van der Waals surface area contributed by atoms with Crippen molar-refractivity contribution in [2.45, 2.75) is 67.3 Å². The number of ether oxygens (including phenoxy) is 4. The van der Waals surface area contributed by atoms with E-state index in [4.69, 9.17) is 30.4 Å². The van der Waals surface area contributed by atoms with Crippen molar-refractivity contribution >= 4 is 29.5 Å². The van der Waals surface area contributed by atoms with E-state index in [-0.39, 0.29) is 31.4 Å². The Hall–Kier alpha value is -1.36. The van der Waals surface area contributed by atoms with Gasteiger partial charge in [0.2, 0.25) is 0 Å². The molecular formula is C19H32N2O11S. The Kier molecular flexibility index (Phi) is 10.9. The Morgan fingerprint density at radius 2 is 1.39 bits per heavy atom. The molecule has 0 aliphatic carbocycles. The second kappa shape index (κ2) is 12.9. The maximum atomic E-state index is 12.5. The zero-order valence-corrected chi connectivity index (χ0v) is 19.0. The Morgan fingerprint density at radius 1 is 0.909 bits per heavy atom. The van der Waals surface area contributed by atoms with Crippen LogP contribution < -0.4 is 11.5 Å². The number of thioether (sulfide) groups is 1. The number of esters is 2. The van der Waals surface area contributed by atoms with Gasteiger partial charge >= 0.3 is 11.9 Å². The van der Waals surface area contributed by atoms with Gasteiger partial charge in [0, 0.05) is 0 Å². The first-order valence-corrected chi connectivity index (χ1v) is 11.5. The maximum absolute atomic E-state index is 12.5. The SMILES string of the molecule is CC(=O)CSC(CC(=O)OCC1OC[C@@H](N)[C@@H](O)[C@H]1O)C(=O)OC[C@H]1OC[C@@H](N)[C@@H](O)[C@H]1O. The Bertz CT molecular complexity index is 684. The standard InChI is InChI=1S/C19H32N2O11S/c1-8(22)7-33-13(19(28)32-6-12-18(27)16(25)10(21)4-30-12)2-14(23)31-5-11-17(26)15(24)9(20)3-29-11/h9-13,15-18,24-27H,2-7,20-21H2,1H3/t9-,10-,11?,12-,13?,15-,16-,17+,18+/m1/s1. The number of carbonyl (C=O) groups excluding carboxylic acids is 3. The van der Waals surface area contributed by atoms with Crippen LogP contribution >= 0.6 is 11.8 Å². The van der Waals surface area contributed by atoms with E-state index in [1.165, 1.54) is 6.92 Å². The van der Waals surface area contributed by atoms with Crippen molar-refractivity contribution in [3.63, 3.8) is 0 Å². The van der Waals surface area contributed by atoms with E-state index < -0.39 is 78.9 Å². The molecule has 2 fully saturated rings. The second-order valence-electron chi connectivity index (χ2n) is 8.05. The third-order valence-corrected chi connectivity index (χ3v) is 6.58. The van der Waals surface area contributed by atoms with E-state index in [1.54, 1.807) is 0 Å². The number of nitrogens with two attached hydrogens (primary N) is 2. The summed E-state index contributed by atoms with van der Waals surface area (Å²) in [7, 11) is 0. The molecule has 14 heteroatoms. The van der Waals surface area contributed by atoms with Gasteiger partial charge in [0.15, 0.2) is 0 Å². The summed E-state index contributed by atoms with van der Waals surface area (Å²) >= 11 is 0.882. The molecule has 0 spiro atoms. The summed E-state index contributed by atoms with van der Waals surface area (Å²) in [5.41, 5.74) is 11.2. The molecule has 0 amide bonds. The van der Waals surface area contributed by atoms with Gasteiger partial charge in [-0.1, -0.05) is 0 Å². The molecule has 0 aromatic heterocycles. The van der Waals surface area contributed by atoms with Crippen molar-refractivity contribution in [2.75, 3.05) is 32.2 Å². The molecule has 13 nitrogen and oxygen atoms in total. The van der Waals surface area contributed by atoms with Gasteiger partial charge in [-0.15, -0.1) is 11.8 Å². The minimum Gasteiger partial charge on any atom is -0.463 e. The van der Waals surface area contributed by atoms with Crippen LogP contribution in [0.2, 0.25) is 0 Å². The molecule has 2 rings (SSSR count). The van der Waals surface area contributed by atoms with Crippen molar-refractivity contribution in [3.8, 4) is 0 Å². The lowest BCUT2D eigenvalue weighted by Gasteiger charge is -2.35. The topological polar surface area (TPSA) is 221 Å².